The van der Waals surface area contributed by atoms with E-state index in [0.29, 0.717) is 19.1 Å². The Morgan fingerprint density at radius 3 is 2.40 bits per heavy atom. The maximum absolute atomic E-state index is 12.0. The zero-order chi connectivity index (χ0) is 14.8. The van der Waals surface area contributed by atoms with Gasteiger partial charge in [-0.3, -0.25) is 9.69 Å². The number of likely N-dealkylation sites (N-methyl/N-ethyl adjacent to an activating group) is 2. The topological polar surface area (TPSA) is 36.0 Å². The quantitative estimate of drug-likeness (QED) is 0.708. The normalized spacial score (nSPS) is 33.5. The van der Waals surface area contributed by atoms with Crippen LogP contribution in [0.5, 0.6) is 0 Å². The molecule has 2 fully saturated rings. The van der Waals surface area contributed by atoms with Crippen LogP contribution in [-0.4, -0.2) is 85.7 Å². The number of carbonyl (C=O) groups excluding carboxylic acids is 1. The third kappa shape index (κ3) is 3.32. The van der Waals surface area contributed by atoms with Crippen LogP contribution in [0.2, 0.25) is 0 Å². The van der Waals surface area contributed by atoms with Crippen molar-refractivity contribution in [3.05, 3.63) is 0 Å². The highest BCUT2D eigenvalue weighted by atomic mass is 16.5. The van der Waals surface area contributed by atoms with E-state index in [0.717, 1.165) is 39.1 Å². The fraction of sp³-hybridized carbons (Fsp3) is 0.933. The van der Waals surface area contributed by atoms with Crippen molar-refractivity contribution in [3.63, 3.8) is 0 Å². The first kappa shape index (κ1) is 15.7. The van der Waals surface area contributed by atoms with Gasteiger partial charge in [-0.2, -0.15) is 0 Å². The molecule has 20 heavy (non-hydrogen) atoms. The zero-order valence-electron chi connectivity index (χ0n) is 13.4. The van der Waals surface area contributed by atoms with Crippen LogP contribution in [0.4, 0.5) is 0 Å². The van der Waals surface area contributed by atoms with Crippen molar-refractivity contribution in [1.82, 2.24) is 14.7 Å². The Bertz CT molecular complexity index is 330. The number of esters is 1. The molecule has 0 aromatic rings. The molecule has 0 aromatic carbocycles. The molecule has 0 bridgehead atoms. The first-order valence-electron chi connectivity index (χ1n) is 7.76. The molecule has 2 saturated heterocycles. The minimum absolute atomic E-state index is 0.0261. The highest BCUT2D eigenvalue weighted by Gasteiger charge is 2.47. The SMILES string of the molecule is CCOC(=O)CC1(N2CCN(C)CC2)CC(C)N(C)C1. The number of hydrogen-bond donors (Lipinski definition) is 0. The smallest absolute Gasteiger partial charge is 0.307 e. The second-order valence-electron chi connectivity index (χ2n) is 6.46. The molecule has 0 aromatic heterocycles. The van der Waals surface area contributed by atoms with Gasteiger partial charge in [0, 0.05) is 44.3 Å². The number of ether oxygens (including phenoxy) is 1. The van der Waals surface area contributed by atoms with Crippen LogP contribution >= 0.6 is 0 Å². The van der Waals surface area contributed by atoms with Crippen LogP contribution in [-0.2, 0) is 9.53 Å². The highest BCUT2D eigenvalue weighted by molar-refractivity contribution is 5.71. The summed E-state index contributed by atoms with van der Waals surface area (Å²) in [6.07, 6.45) is 1.59. The standard InChI is InChI=1S/C15H29N3O2/c1-5-20-14(19)11-15(10-13(2)17(4)12-15)18-8-6-16(3)7-9-18/h13H,5-12H2,1-4H3. The molecule has 0 N–H and O–H groups in total. The van der Waals surface area contributed by atoms with Gasteiger partial charge in [-0.1, -0.05) is 0 Å². The van der Waals surface area contributed by atoms with Crippen molar-refractivity contribution in [3.8, 4) is 0 Å². The molecule has 5 nitrogen and oxygen atoms in total. The third-order valence-corrected chi connectivity index (χ3v) is 4.92. The molecule has 0 radical (unpaired) electrons. The van der Waals surface area contributed by atoms with E-state index in [1.54, 1.807) is 0 Å². The van der Waals surface area contributed by atoms with Crippen molar-refractivity contribution in [2.75, 3.05) is 53.4 Å². The molecule has 2 unspecified atom stereocenters. The Morgan fingerprint density at radius 1 is 1.25 bits per heavy atom. The molecule has 116 valence electrons. The van der Waals surface area contributed by atoms with Crippen LogP contribution in [0.1, 0.15) is 26.7 Å². The van der Waals surface area contributed by atoms with Crippen LogP contribution < -0.4 is 0 Å². The van der Waals surface area contributed by atoms with E-state index < -0.39 is 0 Å². The van der Waals surface area contributed by atoms with Crippen LogP contribution in [0, 0.1) is 0 Å². The summed E-state index contributed by atoms with van der Waals surface area (Å²) >= 11 is 0. The molecule has 2 rings (SSSR count). The largest absolute Gasteiger partial charge is 0.466 e. The first-order valence-corrected chi connectivity index (χ1v) is 7.76. The number of rotatable bonds is 4. The van der Waals surface area contributed by atoms with Gasteiger partial charge in [0.1, 0.15) is 0 Å². The van der Waals surface area contributed by atoms with Crippen molar-refractivity contribution < 1.29 is 9.53 Å². The Balaban J connectivity index is 2.10. The Morgan fingerprint density at radius 2 is 1.90 bits per heavy atom. The minimum atomic E-state index is -0.0473. The summed E-state index contributed by atoms with van der Waals surface area (Å²) in [5.74, 6) is -0.0473. The molecule has 2 heterocycles. The lowest BCUT2D eigenvalue weighted by atomic mass is 9.89. The molecule has 2 aliphatic rings. The van der Waals surface area contributed by atoms with E-state index in [1.807, 2.05) is 6.92 Å². The summed E-state index contributed by atoms with van der Waals surface area (Å²) in [5, 5.41) is 0. The second-order valence-corrected chi connectivity index (χ2v) is 6.46. The van der Waals surface area contributed by atoms with Crippen molar-refractivity contribution in [2.45, 2.75) is 38.3 Å². The van der Waals surface area contributed by atoms with Gasteiger partial charge in [0.15, 0.2) is 0 Å². The minimum Gasteiger partial charge on any atom is -0.466 e. The lowest BCUT2D eigenvalue weighted by Gasteiger charge is -2.44. The first-order chi connectivity index (χ1) is 9.47. The monoisotopic (exact) mass is 283 g/mol. The predicted molar refractivity (Wildman–Crippen MR) is 79.8 cm³/mol. The average Bonchev–Trinajstić information content (AvgIpc) is 2.66. The van der Waals surface area contributed by atoms with Crippen molar-refractivity contribution in [1.29, 1.82) is 0 Å². The molecule has 0 aliphatic carbocycles. The van der Waals surface area contributed by atoms with Crippen LogP contribution in [0.3, 0.4) is 0 Å². The molecule has 0 saturated carbocycles. The maximum Gasteiger partial charge on any atom is 0.307 e. The molecule has 0 spiro atoms. The Labute approximate surface area is 122 Å². The summed E-state index contributed by atoms with van der Waals surface area (Å²) in [7, 11) is 4.33. The molecule has 0 amide bonds. The van der Waals surface area contributed by atoms with Gasteiger partial charge in [-0.05, 0) is 34.4 Å². The average molecular weight is 283 g/mol. The van der Waals surface area contributed by atoms with E-state index in [9.17, 15) is 4.79 Å². The van der Waals surface area contributed by atoms with E-state index in [2.05, 4.69) is 35.7 Å². The van der Waals surface area contributed by atoms with Gasteiger partial charge in [0.25, 0.3) is 0 Å². The van der Waals surface area contributed by atoms with Gasteiger partial charge in [-0.25, -0.2) is 0 Å². The van der Waals surface area contributed by atoms with E-state index in [1.165, 1.54) is 0 Å². The molecule has 2 aliphatic heterocycles. The van der Waals surface area contributed by atoms with Gasteiger partial charge in [-0.15, -0.1) is 0 Å². The number of nitrogens with zero attached hydrogens (tertiary/aromatic N) is 3. The molecular formula is C15H29N3O2. The Kier molecular flexibility index (Phi) is 5.04. The molecular weight excluding hydrogens is 254 g/mol. The fourth-order valence-electron chi connectivity index (χ4n) is 3.62. The fourth-order valence-corrected chi connectivity index (χ4v) is 3.62. The molecule has 2 atom stereocenters. The Hall–Kier alpha value is -0.650. The summed E-state index contributed by atoms with van der Waals surface area (Å²) in [5.41, 5.74) is -0.0261. The van der Waals surface area contributed by atoms with Crippen molar-refractivity contribution >= 4 is 5.97 Å². The summed E-state index contributed by atoms with van der Waals surface area (Å²) in [6.45, 7) is 9.85. The molecule has 5 heteroatoms. The van der Waals surface area contributed by atoms with Gasteiger partial charge < -0.3 is 14.5 Å². The number of likely N-dealkylation sites (tertiary alicyclic amines) is 1. The van der Waals surface area contributed by atoms with Crippen molar-refractivity contribution in [2.24, 2.45) is 0 Å². The van der Waals surface area contributed by atoms with E-state index >= 15 is 0 Å². The van der Waals surface area contributed by atoms with Gasteiger partial charge in [0.05, 0.1) is 13.0 Å². The summed E-state index contributed by atoms with van der Waals surface area (Å²) < 4.78 is 5.22. The zero-order valence-corrected chi connectivity index (χ0v) is 13.4. The van der Waals surface area contributed by atoms with Crippen LogP contribution in [0.15, 0.2) is 0 Å². The van der Waals surface area contributed by atoms with Crippen LogP contribution in [0.25, 0.3) is 0 Å². The third-order valence-electron chi connectivity index (χ3n) is 4.92. The second kappa shape index (κ2) is 6.41. The van der Waals surface area contributed by atoms with Gasteiger partial charge in [0.2, 0.25) is 0 Å². The maximum atomic E-state index is 12.0. The lowest BCUT2D eigenvalue weighted by molar-refractivity contribution is -0.146. The van der Waals surface area contributed by atoms with E-state index in [4.69, 9.17) is 4.74 Å². The number of hydrogen-bond acceptors (Lipinski definition) is 5. The highest BCUT2D eigenvalue weighted by Crippen LogP contribution is 2.35. The number of carbonyl (C=O) groups is 1. The summed E-state index contributed by atoms with van der Waals surface area (Å²) in [4.78, 5) is 19.3. The lowest BCUT2D eigenvalue weighted by Crippen LogP contribution is -2.58. The van der Waals surface area contributed by atoms with Gasteiger partial charge >= 0.3 is 5.97 Å². The predicted octanol–water partition coefficient (Wildman–Crippen LogP) is 0.650. The van der Waals surface area contributed by atoms with E-state index in [-0.39, 0.29) is 11.5 Å². The summed E-state index contributed by atoms with van der Waals surface area (Å²) in [6, 6.07) is 0.532. The number of piperazine rings is 1.